The molecule has 82 valence electrons. The molecule has 0 radical (unpaired) electrons. The maximum atomic E-state index is 10.9. The lowest BCUT2D eigenvalue weighted by Gasteiger charge is -2.06. The molecule has 0 saturated carbocycles. The summed E-state index contributed by atoms with van der Waals surface area (Å²) in [6, 6.07) is 3.30. The summed E-state index contributed by atoms with van der Waals surface area (Å²) in [5.41, 5.74) is 0.626. The van der Waals surface area contributed by atoms with E-state index in [2.05, 4.69) is 15.5 Å². The molecule has 0 atom stereocenters. The van der Waals surface area contributed by atoms with Gasteiger partial charge in [0.05, 0.1) is 18.4 Å². The Balaban J connectivity index is 2.12. The van der Waals surface area contributed by atoms with Crippen molar-refractivity contribution >= 4 is 11.7 Å². The molecule has 0 bridgehead atoms. The predicted molar refractivity (Wildman–Crippen MR) is 55.0 cm³/mol. The van der Waals surface area contributed by atoms with Crippen LogP contribution in [0.3, 0.4) is 0 Å². The fourth-order valence-corrected chi connectivity index (χ4v) is 1.23. The topological polar surface area (TPSA) is 88.2 Å². The van der Waals surface area contributed by atoms with Gasteiger partial charge in [0, 0.05) is 18.5 Å². The summed E-state index contributed by atoms with van der Waals surface area (Å²) in [6.45, 7) is 0.379. The maximum Gasteiger partial charge on any atom is 0.339 e. The van der Waals surface area contributed by atoms with Crippen LogP contribution in [0.1, 0.15) is 16.1 Å². The number of aromatic carboxylic acids is 1. The van der Waals surface area contributed by atoms with Crippen LogP contribution in [0.2, 0.25) is 0 Å². The molecule has 2 N–H and O–H groups in total. The van der Waals surface area contributed by atoms with Crippen LogP contribution in [0.4, 0.5) is 5.69 Å². The standard InChI is InChI=1S/C10H9N3O3/c14-10(15)8-6-11-3-2-9(8)12-5-7-1-4-13-16-7/h1-4,6H,5H2,(H,11,12)(H,14,15). The second-order valence-corrected chi connectivity index (χ2v) is 3.06. The highest BCUT2D eigenvalue weighted by molar-refractivity contribution is 5.93. The number of carboxylic acids is 1. The Hall–Kier alpha value is -2.37. The number of carbonyl (C=O) groups is 1. The summed E-state index contributed by atoms with van der Waals surface area (Å²) in [4.78, 5) is 14.6. The number of aromatic nitrogens is 2. The summed E-state index contributed by atoms with van der Waals surface area (Å²) in [7, 11) is 0. The minimum absolute atomic E-state index is 0.127. The quantitative estimate of drug-likeness (QED) is 0.807. The number of hydrogen-bond acceptors (Lipinski definition) is 5. The average molecular weight is 219 g/mol. The molecule has 2 aromatic heterocycles. The second kappa shape index (κ2) is 4.43. The third-order valence-electron chi connectivity index (χ3n) is 2.00. The highest BCUT2D eigenvalue weighted by Gasteiger charge is 2.09. The summed E-state index contributed by atoms with van der Waals surface area (Å²) in [6.07, 6.45) is 4.35. The van der Waals surface area contributed by atoms with E-state index in [1.54, 1.807) is 12.1 Å². The number of carboxylic acid groups (broad SMARTS) is 1. The van der Waals surface area contributed by atoms with Gasteiger partial charge in [-0.2, -0.15) is 0 Å². The van der Waals surface area contributed by atoms with Gasteiger partial charge < -0.3 is 14.9 Å². The van der Waals surface area contributed by atoms with Crippen LogP contribution < -0.4 is 5.32 Å². The van der Waals surface area contributed by atoms with E-state index in [1.807, 2.05) is 0 Å². The molecule has 16 heavy (non-hydrogen) atoms. The van der Waals surface area contributed by atoms with Gasteiger partial charge in [0.1, 0.15) is 5.56 Å². The van der Waals surface area contributed by atoms with Gasteiger partial charge in [0.2, 0.25) is 0 Å². The van der Waals surface area contributed by atoms with E-state index in [9.17, 15) is 4.79 Å². The lowest BCUT2D eigenvalue weighted by molar-refractivity contribution is 0.0697. The number of rotatable bonds is 4. The molecular formula is C10H9N3O3. The van der Waals surface area contributed by atoms with Crippen molar-refractivity contribution in [3.05, 3.63) is 42.0 Å². The van der Waals surface area contributed by atoms with Crippen LogP contribution in [-0.2, 0) is 6.54 Å². The Labute approximate surface area is 90.9 Å². The Bertz CT molecular complexity index is 482. The second-order valence-electron chi connectivity index (χ2n) is 3.06. The molecule has 0 saturated heterocycles. The molecule has 2 heterocycles. The average Bonchev–Trinajstić information content (AvgIpc) is 2.79. The van der Waals surface area contributed by atoms with Gasteiger partial charge in [-0.3, -0.25) is 4.98 Å². The van der Waals surface area contributed by atoms with Crippen LogP contribution in [0, 0.1) is 0 Å². The normalized spacial score (nSPS) is 10.0. The van der Waals surface area contributed by atoms with Crippen molar-refractivity contribution < 1.29 is 14.4 Å². The smallest absolute Gasteiger partial charge is 0.339 e. The van der Waals surface area contributed by atoms with E-state index in [1.165, 1.54) is 18.6 Å². The summed E-state index contributed by atoms with van der Waals surface area (Å²) < 4.78 is 4.88. The van der Waals surface area contributed by atoms with Gasteiger partial charge in [-0.1, -0.05) is 5.16 Å². The van der Waals surface area contributed by atoms with Gasteiger partial charge in [0.25, 0.3) is 0 Å². The molecule has 0 spiro atoms. The van der Waals surface area contributed by atoms with Gasteiger partial charge in [-0.25, -0.2) is 4.79 Å². The third-order valence-corrected chi connectivity index (χ3v) is 2.00. The van der Waals surface area contributed by atoms with Crippen LogP contribution in [0.25, 0.3) is 0 Å². The highest BCUT2D eigenvalue weighted by Crippen LogP contribution is 2.14. The molecule has 0 unspecified atom stereocenters. The van der Waals surface area contributed by atoms with Gasteiger partial charge in [0.15, 0.2) is 5.76 Å². The number of nitrogens with one attached hydrogen (secondary N) is 1. The highest BCUT2D eigenvalue weighted by atomic mass is 16.5. The van der Waals surface area contributed by atoms with Crippen molar-refractivity contribution in [3.8, 4) is 0 Å². The number of pyridine rings is 1. The molecule has 6 nitrogen and oxygen atoms in total. The Morgan fingerprint density at radius 2 is 2.31 bits per heavy atom. The van der Waals surface area contributed by atoms with Gasteiger partial charge in [-0.15, -0.1) is 0 Å². The monoisotopic (exact) mass is 219 g/mol. The molecule has 0 fully saturated rings. The van der Waals surface area contributed by atoms with Gasteiger partial charge in [-0.05, 0) is 6.07 Å². The van der Waals surface area contributed by atoms with Crippen LogP contribution in [-0.4, -0.2) is 21.2 Å². The molecule has 0 aliphatic carbocycles. The van der Waals surface area contributed by atoms with E-state index in [0.717, 1.165) is 0 Å². The minimum atomic E-state index is -1.02. The largest absolute Gasteiger partial charge is 0.478 e. The lowest BCUT2D eigenvalue weighted by atomic mass is 10.2. The zero-order valence-electron chi connectivity index (χ0n) is 8.25. The molecule has 2 rings (SSSR count). The van der Waals surface area contributed by atoms with Crippen LogP contribution in [0.15, 0.2) is 35.2 Å². The molecule has 2 aromatic rings. The molecule has 6 heteroatoms. The molecule has 0 aliphatic heterocycles. The lowest BCUT2D eigenvalue weighted by Crippen LogP contribution is -2.06. The van der Waals surface area contributed by atoms with Crippen molar-refractivity contribution in [1.82, 2.24) is 10.1 Å². The van der Waals surface area contributed by atoms with Crippen molar-refractivity contribution in [2.45, 2.75) is 6.54 Å². The number of nitrogens with zero attached hydrogens (tertiary/aromatic N) is 2. The molecule has 0 amide bonds. The zero-order valence-corrected chi connectivity index (χ0v) is 8.25. The van der Waals surface area contributed by atoms with E-state index in [0.29, 0.717) is 18.0 Å². The summed E-state index contributed by atoms with van der Waals surface area (Å²) in [5.74, 6) is -0.388. The van der Waals surface area contributed by atoms with E-state index in [-0.39, 0.29) is 5.56 Å². The third kappa shape index (κ3) is 2.17. The van der Waals surface area contributed by atoms with E-state index < -0.39 is 5.97 Å². The first-order chi connectivity index (χ1) is 7.77. The summed E-state index contributed by atoms with van der Waals surface area (Å²) in [5, 5.41) is 15.4. The zero-order chi connectivity index (χ0) is 11.4. The predicted octanol–water partition coefficient (Wildman–Crippen LogP) is 1.38. The Morgan fingerprint density at radius 1 is 1.44 bits per heavy atom. The maximum absolute atomic E-state index is 10.9. The first-order valence-electron chi connectivity index (χ1n) is 4.58. The van der Waals surface area contributed by atoms with E-state index in [4.69, 9.17) is 9.63 Å². The number of hydrogen-bond donors (Lipinski definition) is 2. The van der Waals surface area contributed by atoms with Crippen LogP contribution >= 0.6 is 0 Å². The fraction of sp³-hybridized carbons (Fsp3) is 0.100. The number of anilines is 1. The minimum Gasteiger partial charge on any atom is -0.478 e. The first-order valence-corrected chi connectivity index (χ1v) is 4.58. The molecular weight excluding hydrogens is 210 g/mol. The van der Waals surface area contributed by atoms with Crippen molar-refractivity contribution in [3.63, 3.8) is 0 Å². The van der Waals surface area contributed by atoms with Crippen LogP contribution in [0.5, 0.6) is 0 Å². The Morgan fingerprint density at radius 3 is 3.00 bits per heavy atom. The molecule has 0 aromatic carbocycles. The Kier molecular flexibility index (Phi) is 2.81. The first kappa shape index (κ1) is 10.2. The SMILES string of the molecule is O=C(O)c1cnccc1NCc1ccno1. The van der Waals surface area contributed by atoms with Crippen molar-refractivity contribution in [2.75, 3.05) is 5.32 Å². The van der Waals surface area contributed by atoms with E-state index >= 15 is 0 Å². The van der Waals surface area contributed by atoms with Crippen molar-refractivity contribution in [1.29, 1.82) is 0 Å². The van der Waals surface area contributed by atoms with Gasteiger partial charge >= 0.3 is 5.97 Å². The molecule has 0 aliphatic rings. The summed E-state index contributed by atoms with van der Waals surface area (Å²) >= 11 is 0. The fourth-order valence-electron chi connectivity index (χ4n) is 1.23. The van der Waals surface area contributed by atoms with Crippen molar-refractivity contribution in [2.24, 2.45) is 0 Å².